The van der Waals surface area contributed by atoms with Crippen LogP contribution < -0.4 is 15.4 Å². The molecule has 0 bridgehead atoms. The molecule has 0 aliphatic carbocycles. The maximum atomic E-state index is 6.19. The fourth-order valence-electron chi connectivity index (χ4n) is 1.64. The van der Waals surface area contributed by atoms with Crippen molar-refractivity contribution in [2.45, 2.75) is 26.3 Å². The number of aliphatic imine (C=N–C) groups is 1. The van der Waals surface area contributed by atoms with E-state index in [1.807, 2.05) is 18.2 Å². The topological polar surface area (TPSA) is 45.7 Å². The van der Waals surface area contributed by atoms with E-state index in [0.717, 1.165) is 35.3 Å². The molecule has 0 amide bonds. The van der Waals surface area contributed by atoms with E-state index in [4.69, 9.17) is 16.3 Å². The molecule has 0 unspecified atom stereocenters. The molecule has 0 heterocycles. The number of hydrogen-bond donors (Lipinski definition) is 2. The number of nitrogens with zero attached hydrogens (tertiary/aromatic N) is 1. The summed E-state index contributed by atoms with van der Waals surface area (Å²) >= 11 is 6.19. The summed E-state index contributed by atoms with van der Waals surface area (Å²) in [6.45, 7) is 4.93. The second kappa shape index (κ2) is 7.89. The van der Waals surface area contributed by atoms with E-state index in [-0.39, 0.29) is 0 Å². The van der Waals surface area contributed by atoms with E-state index in [9.17, 15) is 0 Å². The van der Waals surface area contributed by atoms with Crippen molar-refractivity contribution in [2.75, 3.05) is 20.7 Å². The molecule has 4 nitrogen and oxygen atoms in total. The number of guanidine groups is 1. The number of methoxy groups -OCH3 is 1. The van der Waals surface area contributed by atoms with Crippen LogP contribution in [0.1, 0.15) is 19.4 Å². The van der Waals surface area contributed by atoms with Crippen LogP contribution in [-0.2, 0) is 6.42 Å². The van der Waals surface area contributed by atoms with Gasteiger partial charge in [-0.05, 0) is 38.0 Å². The number of halogens is 1. The van der Waals surface area contributed by atoms with Gasteiger partial charge in [0.2, 0.25) is 0 Å². The Bertz CT molecular complexity index is 433. The molecule has 1 rings (SSSR count). The Balaban J connectivity index is 2.49. The average molecular weight is 284 g/mol. The second-order valence-electron chi connectivity index (χ2n) is 4.51. The summed E-state index contributed by atoms with van der Waals surface area (Å²) in [6, 6.07) is 6.10. The van der Waals surface area contributed by atoms with E-state index in [0.29, 0.717) is 6.04 Å². The fraction of sp³-hybridized carbons (Fsp3) is 0.500. The van der Waals surface area contributed by atoms with Crippen molar-refractivity contribution < 1.29 is 4.74 Å². The molecule has 0 atom stereocenters. The Morgan fingerprint density at radius 3 is 2.68 bits per heavy atom. The summed E-state index contributed by atoms with van der Waals surface area (Å²) in [4.78, 5) is 4.15. The van der Waals surface area contributed by atoms with Gasteiger partial charge < -0.3 is 15.4 Å². The average Bonchev–Trinajstić information content (AvgIpc) is 2.38. The quantitative estimate of drug-likeness (QED) is 0.645. The first-order chi connectivity index (χ1) is 9.06. The van der Waals surface area contributed by atoms with E-state index < -0.39 is 0 Å². The lowest BCUT2D eigenvalue weighted by molar-refractivity contribution is 0.414. The lowest BCUT2D eigenvalue weighted by atomic mass is 10.1. The monoisotopic (exact) mass is 283 g/mol. The number of ether oxygens (including phenoxy) is 1. The van der Waals surface area contributed by atoms with E-state index in [1.54, 1.807) is 14.2 Å². The maximum Gasteiger partial charge on any atom is 0.191 e. The Morgan fingerprint density at radius 2 is 2.16 bits per heavy atom. The first-order valence-corrected chi connectivity index (χ1v) is 6.74. The van der Waals surface area contributed by atoms with Gasteiger partial charge in [0.25, 0.3) is 0 Å². The minimum atomic E-state index is 0.357. The van der Waals surface area contributed by atoms with Crippen LogP contribution in [0.5, 0.6) is 5.75 Å². The highest BCUT2D eigenvalue weighted by molar-refractivity contribution is 6.31. The molecular formula is C14H22ClN3O. The zero-order valence-electron chi connectivity index (χ0n) is 12.0. The van der Waals surface area contributed by atoms with Crippen molar-refractivity contribution >= 4 is 17.6 Å². The third-order valence-corrected chi connectivity index (χ3v) is 2.95. The highest BCUT2D eigenvalue weighted by atomic mass is 35.5. The van der Waals surface area contributed by atoms with Gasteiger partial charge in [0, 0.05) is 24.7 Å². The Hall–Kier alpha value is -1.42. The van der Waals surface area contributed by atoms with Crippen molar-refractivity contribution in [2.24, 2.45) is 4.99 Å². The SMILES string of the molecule is CN=C(NCCc1ccc(OC)cc1Cl)NC(C)C. The summed E-state index contributed by atoms with van der Waals surface area (Å²) in [5.41, 5.74) is 1.09. The molecule has 0 spiro atoms. The lowest BCUT2D eigenvalue weighted by Gasteiger charge is -2.14. The first kappa shape index (κ1) is 15.6. The molecule has 0 aliphatic rings. The molecule has 2 N–H and O–H groups in total. The van der Waals surface area contributed by atoms with Crippen molar-refractivity contribution in [3.63, 3.8) is 0 Å². The molecule has 0 saturated carbocycles. The Kier molecular flexibility index (Phi) is 6.50. The third kappa shape index (κ3) is 5.39. The summed E-state index contributed by atoms with van der Waals surface area (Å²) < 4.78 is 5.12. The molecule has 0 saturated heterocycles. The lowest BCUT2D eigenvalue weighted by Crippen LogP contribution is -2.41. The van der Waals surface area contributed by atoms with Gasteiger partial charge in [-0.15, -0.1) is 0 Å². The molecule has 0 aliphatic heterocycles. The van der Waals surface area contributed by atoms with Gasteiger partial charge >= 0.3 is 0 Å². The van der Waals surface area contributed by atoms with E-state index in [2.05, 4.69) is 29.5 Å². The third-order valence-electron chi connectivity index (χ3n) is 2.60. The molecule has 19 heavy (non-hydrogen) atoms. The van der Waals surface area contributed by atoms with Crippen LogP contribution in [-0.4, -0.2) is 32.7 Å². The second-order valence-corrected chi connectivity index (χ2v) is 4.91. The van der Waals surface area contributed by atoms with Crippen molar-refractivity contribution in [3.8, 4) is 5.75 Å². The van der Waals surface area contributed by atoms with Crippen LogP contribution in [0.25, 0.3) is 0 Å². The molecule has 106 valence electrons. The normalized spacial score (nSPS) is 11.6. The molecule has 5 heteroatoms. The minimum absolute atomic E-state index is 0.357. The predicted molar refractivity (Wildman–Crippen MR) is 81.3 cm³/mol. The maximum absolute atomic E-state index is 6.19. The fourth-order valence-corrected chi connectivity index (χ4v) is 1.91. The van der Waals surface area contributed by atoms with Crippen molar-refractivity contribution in [3.05, 3.63) is 28.8 Å². The summed E-state index contributed by atoms with van der Waals surface area (Å²) in [5, 5.41) is 7.22. The summed E-state index contributed by atoms with van der Waals surface area (Å²) in [5.74, 6) is 1.58. The van der Waals surface area contributed by atoms with Gasteiger partial charge in [-0.3, -0.25) is 4.99 Å². The largest absolute Gasteiger partial charge is 0.497 e. The van der Waals surface area contributed by atoms with E-state index >= 15 is 0 Å². The van der Waals surface area contributed by atoms with Crippen LogP contribution in [0.2, 0.25) is 5.02 Å². The number of hydrogen-bond acceptors (Lipinski definition) is 2. The molecular weight excluding hydrogens is 262 g/mol. The molecule has 0 fully saturated rings. The van der Waals surface area contributed by atoms with Crippen LogP contribution >= 0.6 is 11.6 Å². The molecule has 0 radical (unpaired) electrons. The predicted octanol–water partition coefficient (Wildman–Crippen LogP) is 2.46. The van der Waals surface area contributed by atoms with Crippen LogP contribution in [0.4, 0.5) is 0 Å². The van der Waals surface area contributed by atoms with Crippen LogP contribution in [0.15, 0.2) is 23.2 Å². The van der Waals surface area contributed by atoms with Crippen molar-refractivity contribution in [1.29, 1.82) is 0 Å². The Labute approximate surface area is 120 Å². The van der Waals surface area contributed by atoms with Gasteiger partial charge in [-0.25, -0.2) is 0 Å². The number of nitrogens with one attached hydrogen (secondary N) is 2. The Morgan fingerprint density at radius 1 is 1.42 bits per heavy atom. The van der Waals surface area contributed by atoms with Crippen molar-refractivity contribution in [1.82, 2.24) is 10.6 Å². The van der Waals surface area contributed by atoms with Crippen LogP contribution in [0.3, 0.4) is 0 Å². The van der Waals surface area contributed by atoms with Gasteiger partial charge in [0.05, 0.1) is 7.11 Å². The van der Waals surface area contributed by atoms with Gasteiger partial charge in [-0.2, -0.15) is 0 Å². The summed E-state index contributed by atoms with van der Waals surface area (Å²) in [6.07, 6.45) is 0.835. The molecule has 1 aromatic carbocycles. The first-order valence-electron chi connectivity index (χ1n) is 6.36. The zero-order valence-corrected chi connectivity index (χ0v) is 12.7. The van der Waals surface area contributed by atoms with Gasteiger partial charge in [-0.1, -0.05) is 17.7 Å². The van der Waals surface area contributed by atoms with Crippen LogP contribution in [0, 0.1) is 0 Å². The van der Waals surface area contributed by atoms with Gasteiger partial charge in [0.15, 0.2) is 5.96 Å². The highest BCUT2D eigenvalue weighted by Crippen LogP contribution is 2.22. The standard InChI is InChI=1S/C14H22ClN3O/c1-10(2)18-14(16-3)17-8-7-11-5-6-12(19-4)9-13(11)15/h5-6,9-10H,7-8H2,1-4H3,(H2,16,17,18). The smallest absolute Gasteiger partial charge is 0.191 e. The number of rotatable bonds is 5. The zero-order chi connectivity index (χ0) is 14.3. The molecule has 1 aromatic rings. The molecule has 0 aromatic heterocycles. The highest BCUT2D eigenvalue weighted by Gasteiger charge is 2.04. The minimum Gasteiger partial charge on any atom is -0.497 e. The van der Waals surface area contributed by atoms with Gasteiger partial charge in [0.1, 0.15) is 5.75 Å². The van der Waals surface area contributed by atoms with E-state index in [1.165, 1.54) is 0 Å². The summed E-state index contributed by atoms with van der Waals surface area (Å²) in [7, 11) is 3.40. The number of benzene rings is 1.